The molecular weight excluding hydrogens is 366 g/mol. The van der Waals surface area contributed by atoms with E-state index in [1.165, 1.54) is 67.3 Å². The molecule has 0 aliphatic heterocycles. The Morgan fingerprint density at radius 1 is 1.03 bits per heavy atom. The number of benzene rings is 1. The SMILES string of the molecule is CCC(CC)c1ccc(C)c(-c2cc([Si](C)(C)C)c(CC3CCCC3)c[n+]2C)c1. The number of aryl methyl sites for hydroxylation is 2. The van der Waals surface area contributed by atoms with Crippen LogP contribution in [0.25, 0.3) is 11.3 Å². The van der Waals surface area contributed by atoms with Crippen LogP contribution in [0.2, 0.25) is 19.6 Å². The van der Waals surface area contributed by atoms with Crippen LogP contribution in [0.15, 0.2) is 30.5 Å². The largest absolute Gasteiger partial charge is 0.212 e. The third-order valence-electron chi connectivity index (χ3n) is 7.14. The van der Waals surface area contributed by atoms with Gasteiger partial charge < -0.3 is 0 Å². The van der Waals surface area contributed by atoms with E-state index in [0.29, 0.717) is 5.92 Å². The van der Waals surface area contributed by atoms with Gasteiger partial charge in [0.15, 0.2) is 6.20 Å². The standard InChI is InChI=1S/C27H42NSi/c1-8-22(9-2)23-15-14-20(3)25(17-23)26-18-27(29(5,6)7)24(19-28(26)4)16-21-12-10-11-13-21/h14-15,17-19,21-22H,8-13,16H2,1-7H3/q+1. The van der Waals surface area contributed by atoms with Crippen LogP contribution in [0.5, 0.6) is 0 Å². The van der Waals surface area contributed by atoms with Crippen molar-refractivity contribution in [1.82, 2.24) is 0 Å². The van der Waals surface area contributed by atoms with Gasteiger partial charge in [-0.05, 0) is 60.4 Å². The Labute approximate surface area is 180 Å². The van der Waals surface area contributed by atoms with Crippen LogP contribution < -0.4 is 9.75 Å². The molecule has 0 atom stereocenters. The highest BCUT2D eigenvalue weighted by atomic mass is 28.3. The van der Waals surface area contributed by atoms with Crippen LogP contribution in [0.4, 0.5) is 0 Å². The summed E-state index contributed by atoms with van der Waals surface area (Å²) in [7, 11) is 0.838. The number of hydrogen-bond acceptors (Lipinski definition) is 0. The second-order valence-corrected chi connectivity index (χ2v) is 15.4. The van der Waals surface area contributed by atoms with Crippen molar-refractivity contribution in [3.8, 4) is 11.3 Å². The lowest BCUT2D eigenvalue weighted by Crippen LogP contribution is -2.45. The van der Waals surface area contributed by atoms with Gasteiger partial charge in [0.1, 0.15) is 7.05 Å². The maximum absolute atomic E-state index is 2.56. The predicted molar refractivity (Wildman–Crippen MR) is 130 cm³/mol. The first-order chi connectivity index (χ1) is 13.7. The maximum atomic E-state index is 2.56. The Morgan fingerprint density at radius 2 is 1.69 bits per heavy atom. The highest BCUT2D eigenvalue weighted by Gasteiger charge is 2.28. The van der Waals surface area contributed by atoms with Crippen molar-refractivity contribution in [3.63, 3.8) is 0 Å². The molecule has 0 unspecified atom stereocenters. The average Bonchev–Trinajstić information content (AvgIpc) is 3.16. The summed E-state index contributed by atoms with van der Waals surface area (Å²) >= 11 is 0. The molecule has 0 bridgehead atoms. The van der Waals surface area contributed by atoms with Gasteiger partial charge in [0.25, 0.3) is 0 Å². The van der Waals surface area contributed by atoms with E-state index in [1.54, 1.807) is 10.8 Å². The van der Waals surface area contributed by atoms with Gasteiger partial charge in [-0.2, -0.15) is 0 Å². The molecule has 158 valence electrons. The van der Waals surface area contributed by atoms with Crippen molar-refractivity contribution < 1.29 is 4.57 Å². The van der Waals surface area contributed by atoms with Gasteiger partial charge in [-0.25, -0.2) is 4.57 Å². The first-order valence-electron chi connectivity index (χ1n) is 11.9. The molecule has 0 saturated heterocycles. The van der Waals surface area contributed by atoms with Gasteiger partial charge in [-0.1, -0.05) is 71.3 Å². The van der Waals surface area contributed by atoms with Gasteiger partial charge in [0, 0.05) is 17.2 Å². The number of nitrogens with zero attached hydrogens (tertiary/aromatic N) is 1. The van der Waals surface area contributed by atoms with Gasteiger partial charge >= 0.3 is 0 Å². The summed E-state index contributed by atoms with van der Waals surface area (Å²) in [5, 5.41) is 1.67. The third-order valence-corrected chi connectivity index (χ3v) is 9.22. The van der Waals surface area contributed by atoms with Crippen LogP contribution in [0.1, 0.15) is 75.0 Å². The molecule has 1 aliphatic carbocycles. The Hall–Kier alpha value is -1.41. The topological polar surface area (TPSA) is 3.88 Å². The van der Waals surface area contributed by atoms with E-state index >= 15 is 0 Å². The third kappa shape index (κ3) is 5.02. The van der Waals surface area contributed by atoms with Gasteiger partial charge in [-0.15, -0.1) is 0 Å². The fourth-order valence-electron chi connectivity index (χ4n) is 5.29. The summed E-state index contributed by atoms with van der Waals surface area (Å²) in [5.74, 6) is 1.56. The minimum Gasteiger partial charge on any atom is -0.201 e. The first kappa shape index (κ1) is 22.3. The molecule has 0 N–H and O–H groups in total. The molecule has 1 aromatic carbocycles. The minimum absolute atomic E-state index is 0.665. The Bertz CT molecular complexity index is 836. The molecule has 1 fully saturated rings. The van der Waals surface area contributed by atoms with Crippen molar-refractivity contribution in [3.05, 3.63) is 47.2 Å². The summed E-state index contributed by atoms with van der Waals surface area (Å²) in [6.07, 6.45) is 11.9. The van der Waals surface area contributed by atoms with Crippen molar-refractivity contribution in [2.45, 2.75) is 91.3 Å². The van der Waals surface area contributed by atoms with E-state index in [0.717, 1.165) is 5.92 Å². The molecular formula is C27H42NSi+. The van der Waals surface area contributed by atoms with Crippen LogP contribution in [-0.4, -0.2) is 8.07 Å². The predicted octanol–water partition coefficient (Wildman–Crippen LogP) is 6.67. The van der Waals surface area contributed by atoms with E-state index in [2.05, 4.69) is 82.5 Å². The van der Waals surface area contributed by atoms with Crippen molar-refractivity contribution in [2.75, 3.05) is 0 Å². The van der Waals surface area contributed by atoms with E-state index in [4.69, 9.17) is 0 Å². The monoisotopic (exact) mass is 408 g/mol. The van der Waals surface area contributed by atoms with E-state index in [9.17, 15) is 0 Å². The average molecular weight is 409 g/mol. The zero-order valence-corrected chi connectivity index (χ0v) is 20.9. The molecule has 1 nitrogen and oxygen atoms in total. The van der Waals surface area contributed by atoms with E-state index < -0.39 is 8.07 Å². The summed E-state index contributed by atoms with van der Waals surface area (Å²) in [5.41, 5.74) is 7.32. The fourth-order valence-corrected chi connectivity index (χ4v) is 6.99. The number of hydrogen-bond donors (Lipinski definition) is 0. The normalized spacial score (nSPS) is 15.4. The van der Waals surface area contributed by atoms with Crippen LogP contribution >= 0.6 is 0 Å². The zero-order valence-electron chi connectivity index (χ0n) is 19.9. The molecule has 2 aromatic rings. The number of pyridine rings is 1. The lowest BCUT2D eigenvalue weighted by atomic mass is 9.90. The van der Waals surface area contributed by atoms with Crippen molar-refractivity contribution in [1.29, 1.82) is 0 Å². The van der Waals surface area contributed by atoms with Crippen molar-refractivity contribution >= 4 is 13.3 Å². The van der Waals surface area contributed by atoms with E-state index in [1.807, 2.05) is 0 Å². The van der Waals surface area contributed by atoms with Crippen molar-refractivity contribution in [2.24, 2.45) is 13.0 Å². The molecule has 1 heterocycles. The minimum atomic E-state index is -1.42. The number of aromatic nitrogens is 1. The summed E-state index contributed by atoms with van der Waals surface area (Å²) in [4.78, 5) is 0. The molecule has 2 heteroatoms. The molecule has 1 aromatic heterocycles. The summed E-state index contributed by atoms with van der Waals surface area (Å²) < 4.78 is 2.41. The molecule has 29 heavy (non-hydrogen) atoms. The molecule has 1 aliphatic rings. The highest BCUT2D eigenvalue weighted by Crippen LogP contribution is 2.31. The molecule has 3 rings (SSSR count). The van der Waals surface area contributed by atoms with Crippen LogP contribution in [0, 0.1) is 12.8 Å². The first-order valence-corrected chi connectivity index (χ1v) is 15.4. The molecule has 1 saturated carbocycles. The van der Waals surface area contributed by atoms with Gasteiger partial charge in [0.2, 0.25) is 5.69 Å². The number of rotatable bonds is 7. The fraction of sp³-hybridized carbons (Fsp3) is 0.593. The Morgan fingerprint density at radius 3 is 2.28 bits per heavy atom. The zero-order chi connectivity index (χ0) is 21.2. The molecule has 0 amide bonds. The highest BCUT2D eigenvalue weighted by molar-refractivity contribution is 6.89. The smallest absolute Gasteiger partial charge is 0.201 e. The van der Waals surface area contributed by atoms with E-state index in [-0.39, 0.29) is 0 Å². The molecule has 0 spiro atoms. The van der Waals surface area contributed by atoms with Crippen LogP contribution in [-0.2, 0) is 13.5 Å². The summed E-state index contributed by atoms with van der Waals surface area (Å²) in [6.45, 7) is 14.4. The second-order valence-electron chi connectivity index (χ2n) is 10.4. The lowest BCUT2D eigenvalue weighted by molar-refractivity contribution is -0.660. The molecule has 0 radical (unpaired) electrons. The Balaban J connectivity index is 2.09. The quantitative estimate of drug-likeness (QED) is 0.356. The van der Waals surface area contributed by atoms with Gasteiger partial charge in [-0.3, -0.25) is 0 Å². The second kappa shape index (κ2) is 9.16. The Kier molecular flexibility index (Phi) is 7.04. The summed E-state index contributed by atoms with van der Waals surface area (Å²) in [6, 6.07) is 9.73. The lowest BCUT2D eigenvalue weighted by Gasteiger charge is -2.23. The maximum Gasteiger partial charge on any atom is 0.212 e. The van der Waals surface area contributed by atoms with Gasteiger partial charge in [0.05, 0.1) is 8.07 Å². The van der Waals surface area contributed by atoms with Crippen LogP contribution in [0.3, 0.4) is 0 Å².